The summed E-state index contributed by atoms with van der Waals surface area (Å²) in [7, 11) is 0. The molecular weight excluding hydrogens is 320 g/mol. The maximum absolute atomic E-state index is 11.9. The number of hydrogen-bond donors (Lipinski definition) is 3. The third-order valence-electron chi connectivity index (χ3n) is 3.74. The predicted molar refractivity (Wildman–Crippen MR) is 92.8 cm³/mol. The Morgan fingerprint density at radius 2 is 1.64 bits per heavy atom. The number of nitriles is 1. The summed E-state index contributed by atoms with van der Waals surface area (Å²) >= 11 is 0. The minimum atomic E-state index is -0.909. The fraction of sp³-hybridized carbons (Fsp3) is 0.444. The molecule has 0 saturated carbocycles. The quantitative estimate of drug-likeness (QED) is 0.621. The van der Waals surface area contributed by atoms with Gasteiger partial charge in [-0.2, -0.15) is 5.26 Å². The first kappa shape index (κ1) is 20.2. The van der Waals surface area contributed by atoms with Crippen molar-refractivity contribution in [1.82, 2.24) is 10.6 Å². The molecule has 1 aromatic rings. The van der Waals surface area contributed by atoms with E-state index in [2.05, 4.69) is 10.6 Å². The topological polar surface area (TPSA) is 125 Å². The highest BCUT2D eigenvalue weighted by Gasteiger charge is 2.21. The molecule has 0 aliphatic heterocycles. The molecule has 1 rings (SSSR count). The van der Waals surface area contributed by atoms with Crippen molar-refractivity contribution in [3.63, 3.8) is 0 Å². The van der Waals surface area contributed by atoms with Gasteiger partial charge < -0.3 is 16.4 Å². The van der Waals surface area contributed by atoms with E-state index in [0.717, 1.165) is 5.56 Å². The first-order chi connectivity index (χ1) is 11.8. The first-order valence-corrected chi connectivity index (χ1v) is 8.16. The molecule has 0 fully saturated rings. The van der Waals surface area contributed by atoms with Crippen LogP contribution in [0.1, 0.15) is 44.7 Å². The lowest BCUT2D eigenvalue weighted by molar-refractivity contribution is -0.129. The summed E-state index contributed by atoms with van der Waals surface area (Å²) in [4.78, 5) is 35.2. The number of primary amides is 1. The summed E-state index contributed by atoms with van der Waals surface area (Å²) in [5, 5.41) is 14.1. The van der Waals surface area contributed by atoms with Crippen molar-refractivity contribution < 1.29 is 14.4 Å². The third-order valence-corrected chi connectivity index (χ3v) is 3.74. The van der Waals surface area contributed by atoms with Crippen LogP contribution in [-0.2, 0) is 14.4 Å². The van der Waals surface area contributed by atoms with E-state index in [9.17, 15) is 14.4 Å². The Kier molecular flexibility index (Phi) is 8.13. The number of hydrogen-bond acceptors (Lipinski definition) is 4. The number of nitrogens with one attached hydrogen (secondary N) is 2. The van der Waals surface area contributed by atoms with Crippen LogP contribution in [-0.4, -0.2) is 23.8 Å². The first-order valence-electron chi connectivity index (χ1n) is 8.16. The standard InChI is InChI=1S/C18H24N4O3/c1-12(11-19)10-15(18(20)25)22-17(24)9-8-16(23)21-13(2)14-6-4-3-5-7-14/h3-7,12-13,15H,8-10H2,1-2H3,(H2,20,25)(H,21,23)(H,22,24)/t12-,13+,15-/m0/s1. The van der Waals surface area contributed by atoms with E-state index in [0.29, 0.717) is 0 Å². The Labute approximate surface area is 147 Å². The summed E-state index contributed by atoms with van der Waals surface area (Å²) in [5.41, 5.74) is 6.20. The highest BCUT2D eigenvalue weighted by Crippen LogP contribution is 2.11. The van der Waals surface area contributed by atoms with E-state index in [-0.39, 0.29) is 31.2 Å². The van der Waals surface area contributed by atoms with Gasteiger partial charge in [0.2, 0.25) is 17.7 Å². The van der Waals surface area contributed by atoms with Crippen LogP contribution in [0.25, 0.3) is 0 Å². The number of benzene rings is 1. The van der Waals surface area contributed by atoms with Crippen LogP contribution < -0.4 is 16.4 Å². The van der Waals surface area contributed by atoms with Gasteiger partial charge in [0.15, 0.2) is 0 Å². The van der Waals surface area contributed by atoms with Crippen LogP contribution in [0.2, 0.25) is 0 Å². The minimum Gasteiger partial charge on any atom is -0.368 e. The highest BCUT2D eigenvalue weighted by atomic mass is 16.2. The molecule has 0 heterocycles. The second-order valence-electron chi connectivity index (χ2n) is 5.99. The monoisotopic (exact) mass is 344 g/mol. The Hall–Kier alpha value is -2.88. The van der Waals surface area contributed by atoms with E-state index in [1.54, 1.807) is 6.92 Å². The molecule has 7 heteroatoms. The molecule has 0 spiro atoms. The molecule has 7 nitrogen and oxygen atoms in total. The van der Waals surface area contributed by atoms with E-state index < -0.39 is 23.8 Å². The van der Waals surface area contributed by atoms with Gasteiger partial charge in [-0.25, -0.2) is 0 Å². The molecular formula is C18H24N4O3. The molecule has 0 saturated heterocycles. The molecule has 4 N–H and O–H groups in total. The molecule has 0 unspecified atom stereocenters. The molecule has 134 valence electrons. The zero-order valence-electron chi connectivity index (χ0n) is 14.5. The van der Waals surface area contributed by atoms with Crippen LogP contribution >= 0.6 is 0 Å². The van der Waals surface area contributed by atoms with E-state index >= 15 is 0 Å². The molecule has 0 bridgehead atoms. The maximum atomic E-state index is 11.9. The van der Waals surface area contributed by atoms with Gasteiger partial charge in [-0.15, -0.1) is 0 Å². The lowest BCUT2D eigenvalue weighted by Gasteiger charge is -2.17. The SMILES string of the molecule is C[C@H](C#N)C[C@H](NC(=O)CCC(=O)N[C@H](C)c1ccccc1)C(N)=O. The maximum Gasteiger partial charge on any atom is 0.240 e. The van der Waals surface area contributed by atoms with Crippen LogP contribution in [0.3, 0.4) is 0 Å². The number of nitrogens with zero attached hydrogens (tertiary/aromatic N) is 1. The molecule has 0 aliphatic carbocycles. The zero-order chi connectivity index (χ0) is 18.8. The third kappa shape index (κ3) is 7.48. The largest absolute Gasteiger partial charge is 0.368 e. The van der Waals surface area contributed by atoms with Crippen molar-refractivity contribution in [2.45, 2.75) is 45.2 Å². The average Bonchev–Trinajstić information content (AvgIpc) is 2.59. The second-order valence-corrected chi connectivity index (χ2v) is 5.99. The summed E-state index contributed by atoms with van der Waals surface area (Å²) in [5.74, 6) is -1.81. The predicted octanol–water partition coefficient (Wildman–Crippen LogP) is 1.16. The molecule has 3 atom stereocenters. The summed E-state index contributed by atoms with van der Waals surface area (Å²) < 4.78 is 0. The summed E-state index contributed by atoms with van der Waals surface area (Å²) in [6.45, 7) is 3.50. The van der Waals surface area contributed by atoms with Crippen LogP contribution in [0, 0.1) is 17.2 Å². The van der Waals surface area contributed by atoms with Gasteiger partial charge >= 0.3 is 0 Å². The highest BCUT2D eigenvalue weighted by molar-refractivity contribution is 5.88. The minimum absolute atomic E-state index is 0.00227. The van der Waals surface area contributed by atoms with Gasteiger partial charge in [0, 0.05) is 18.8 Å². The lowest BCUT2D eigenvalue weighted by atomic mass is 10.0. The normalized spacial score (nSPS) is 13.8. The Morgan fingerprint density at radius 1 is 1.08 bits per heavy atom. The number of carbonyl (C=O) groups is 3. The second kappa shape index (κ2) is 10.1. The van der Waals surface area contributed by atoms with Crippen LogP contribution in [0.15, 0.2) is 30.3 Å². The van der Waals surface area contributed by atoms with Gasteiger partial charge in [0.25, 0.3) is 0 Å². The number of carbonyl (C=O) groups excluding carboxylic acids is 3. The van der Waals surface area contributed by atoms with Crippen molar-refractivity contribution >= 4 is 17.7 Å². The van der Waals surface area contributed by atoms with E-state index in [4.69, 9.17) is 11.0 Å². The average molecular weight is 344 g/mol. The van der Waals surface area contributed by atoms with E-state index in [1.165, 1.54) is 0 Å². The lowest BCUT2D eigenvalue weighted by Crippen LogP contribution is -2.45. The molecule has 0 aromatic heterocycles. The molecule has 0 radical (unpaired) electrons. The number of amides is 3. The number of rotatable bonds is 9. The smallest absolute Gasteiger partial charge is 0.240 e. The van der Waals surface area contributed by atoms with Gasteiger partial charge in [0.05, 0.1) is 12.1 Å². The molecule has 3 amide bonds. The number of nitrogens with two attached hydrogens (primary N) is 1. The van der Waals surface area contributed by atoms with Gasteiger partial charge in [-0.3, -0.25) is 14.4 Å². The van der Waals surface area contributed by atoms with Gasteiger partial charge in [-0.05, 0) is 25.8 Å². The van der Waals surface area contributed by atoms with Crippen LogP contribution in [0.5, 0.6) is 0 Å². The molecule has 1 aromatic carbocycles. The van der Waals surface area contributed by atoms with Crippen molar-refractivity contribution in [3.8, 4) is 6.07 Å². The summed E-state index contributed by atoms with van der Waals surface area (Å²) in [6, 6.07) is 10.4. The zero-order valence-corrected chi connectivity index (χ0v) is 14.5. The molecule has 0 aliphatic rings. The Balaban J connectivity index is 2.43. The van der Waals surface area contributed by atoms with E-state index in [1.807, 2.05) is 43.3 Å². The van der Waals surface area contributed by atoms with Crippen molar-refractivity contribution in [3.05, 3.63) is 35.9 Å². The summed E-state index contributed by atoms with van der Waals surface area (Å²) in [6.07, 6.45) is 0.0924. The van der Waals surface area contributed by atoms with Crippen molar-refractivity contribution in [1.29, 1.82) is 5.26 Å². The fourth-order valence-electron chi connectivity index (χ4n) is 2.28. The molecule has 25 heavy (non-hydrogen) atoms. The fourth-order valence-corrected chi connectivity index (χ4v) is 2.28. The van der Waals surface area contributed by atoms with Crippen molar-refractivity contribution in [2.75, 3.05) is 0 Å². The van der Waals surface area contributed by atoms with Gasteiger partial charge in [0.1, 0.15) is 6.04 Å². The Bertz CT molecular complexity index is 639. The van der Waals surface area contributed by atoms with Crippen molar-refractivity contribution in [2.24, 2.45) is 11.7 Å². The Morgan fingerprint density at radius 3 is 2.16 bits per heavy atom. The van der Waals surface area contributed by atoms with Gasteiger partial charge in [-0.1, -0.05) is 30.3 Å². The van der Waals surface area contributed by atoms with Crippen LogP contribution in [0.4, 0.5) is 0 Å².